The van der Waals surface area contributed by atoms with Crippen LogP contribution in [0, 0.1) is 5.82 Å². The number of hydrogen-bond acceptors (Lipinski definition) is 3. The molecule has 21 heavy (non-hydrogen) atoms. The molecule has 0 aliphatic carbocycles. The third kappa shape index (κ3) is 3.54. The molecule has 0 aliphatic heterocycles. The van der Waals surface area contributed by atoms with Gasteiger partial charge < -0.3 is 14.6 Å². The zero-order valence-corrected chi connectivity index (χ0v) is 13.4. The Labute approximate surface area is 131 Å². The highest BCUT2D eigenvalue weighted by atomic mass is 79.9. The fraction of sp³-hybridized carbons (Fsp3) is 0.250. The van der Waals surface area contributed by atoms with Gasteiger partial charge in [-0.25, -0.2) is 4.39 Å². The van der Waals surface area contributed by atoms with Crippen LogP contribution in [0.3, 0.4) is 0 Å². The highest BCUT2D eigenvalue weighted by Gasteiger charge is 2.18. The van der Waals surface area contributed by atoms with Crippen molar-refractivity contribution in [1.29, 1.82) is 0 Å². The van der Waals surface area contributed by atoms with Crippen LogP contribution in [0.15, 0.2) is 40.9 Å². The zero-order chi connectivity index (χ0) is 15.4. The van der Waals surface area contributed by atoms with E-state index < -0.39 is 11.9 Å². The lowest BCUT2D eigenvalue weighted by Gasteiger charge is -2.15. The third-order valence-corrected chi connectivity index (χ3v) is 3.77. The number of aliphatic hydroxyl groups is 1. The average molecular weight is 355 g/mol. The largest absolute Gasteiger partial charge is 0.497 e. The molecule has 1 N–H and O–H groups in total. The van der Waals surface area contributed by atoms with Gasteiger partial charge in [0.2, 0.25) is 0 Å². The minimum Gasteiger partial charge on any atom is -0.497 e. The molecule has 0 saturated carbocycles. The summed E-state index contributed by atoms with van der Waals surface area (Å²) in [7, 11) is 1.47. The van der Waals surface area contributed by atoms with Crippen molar-refractivity contribution in [1.82, 2.24) is 0 Å². The monoisotopic (exact) mass is 354 g/mol. The Morgan fingerprint density at radius 3 is 2.38 bits per heavy atom. The number of methoxy groups -OCH3 is 1. The van der Waals surface area contributed by atoms with E-state index >= 15 is 0 Å². The minimum absolute atomic E-state index is 0.195. The van der Waals surface area contributed by atoms with Crippen LogP contribution in [0.1, 0.15) is 24.2 Å². The van der Waals surface area contributed by atoms with Gasteiger partial charge in [-0.3, -0.25) is 0 Å². The maximum atomic E-state index is 14.0. The number of benzene rings is 2. The lowest BCUT2D eigenvalue weighted by Crippen LogP contribution is -2.04. The van der Waals surface area contributed by atoms with Crippen LogP contribution in [0.5, 0.6) is 11.5 Å². The molecular formula is C16H16BrFO3. The van der Waals surface area contributed by atoms with Crippen LogP contribution >= 0.6 is 15.9 Å². The van der Waals surface area contributed by atoms with Crippen LogP contribution in [-0.2, 0) is 0 Å². The molecule has 2 rings (SSSR count). The molecule has 0 aromatic heterocycles. The fourth-order valence-electron chi connectivity index (χ4n) is 2.01. The molecule has 0 saturated heterocycles. The first kappa shape index (κ1) is 15.8. The summed E-state index contributed by atoms with van der Waals surface area (Å²) in [6, 6.07) is 9.59. The molecule has 112 valence electrons. The molecule has 1 atom stereocenters. The molecular weight excluding hydrogens is 339 g/mol. The van der Waals surface area contributed by atoms with Crippen LogP contribution < -0.4 is 9.47 Å². The number of ether oxygens (including phenoxy) is 2. The molecule has 0 bridgehead atoms. The molecule has 0 radical (unpaired) electrons. The van der Waals surface area contributed by atoms with E-state index in [1.54, 1.807) is 24.3 Å². The summed E-state index contributed by atoms with van der Waals surface area (Å²) < 4.78 is 25.0. The number of rotatable bonds is 5. The first-order valence-electron chi connectivity index (χ1n) is 6.50. The smallest absolute Gasteiger partial charge is 0.133 e. The van der Waals surface area contributed by atoms with E-state index in [1.165, 1.54) is 19.2 Å². The Balaban J connectivity index is 2.33. The predicted molar refractivity (Wildman–Crippen MR) is 82.3 cm³/mol. The van der Waals surface area contributed by atoms with Gasteiger partial charge in [0, 0.05) is 16.1 Å². The molecule has 0 aliphatic rings. The average Bonchev–Trinajstić information content (AvgIpc) is 2.47. The van der Waals surface area contributed by atoms with Crippen molar-refractivity contribution in [2.75, 3.05) is 13.7 Å². The lowest BCUT2D eigenvalue weighted by atomic mass is 10.0. The summed E-state index contributed by atoms with van der Waals surface area (Å²) in [4.78, 5) is 0. The molecule has 0 heterocycles. The van der Waals surface area contributed by atoms with E-state index in [0.29, 0.717) is 28.1 Å². The number of hydrogen-bond donors (Lipinski definition) is 1. The maximum absolute atomic E-state index is 14.0. The van der Waals surface area contributed by atoms with Gasteiger partial charge in [0.25, 0.3) is 0 Å². The highest BCUT2D eigenvalue weighted by Crippen LogP contribution is 2.33. The van der Waals surface area contributed by atoms with Crippen LogP contribution in [-0.4, -0.2) is 18.8 Å². The van der Waals surface area contributed by atoms with Gasteiger partial charge in [0.1, 0.15) is 23.4 Å². The molecule has 0 fully saturated rings. The van der Waals surface area contributed by atoms with Gasteiger partial charge >= 0.3 is 0 Å². The summed E-state index contributed by atoms with van der Waals surface area (Å²) in [5, 5.41) is 10.4. The van der Waals surface area contributed by atoms with Crippen molar-refractivity contribution in [2.45, 2.75) is 13.0 Å². The molecule has 2 aromatic carbocycles. The predicted octanol–water partition coefficient (Wildman–Crippen LogP) is 4.08. The normalized spacial score (nSPS) is 12.0. The van der Waals surface area contributed by atoms with Crippen molar-refractivity contribution >= 4 is 15.9 Å². The van der Waals surface area contributed by atoms with Crippen molar-refractivity contribution in [3.63, 3.8) is 0 Å². The second-order valence-corrected chi connectivity index (χ2v) is 5.26. The van der Waals surface area contributed by atoms with Crippen molar-refractivity contribution in [2.24, 2.45) is 0 Å². The Morgan fingerprint density at radius 2 is 1.81 bits per heavy atom. The Hall–Kier alpha value is -1.59. The second-order valence-electron chi connectivity index (χ2n) is 4.41. The number of aliphatic hydroxyl groups excluding tert-OH is 1. The molecule has 2 aromatic rings. The van der Waals surface area contributed by atoms with Crippen LogP contribution in [0.4, 0.5) is 4.39 Å². The van der Waals surface area contributed by atoms with Crippen LogP contribution in [0.25, 0.3) is 0 Å². The Kier molecular flexibility index (Phi) is 5.20. The van der Waals surface area contributed by atoms with Crippen molar-refractivity contribution in [3.05, 3.63) is 57.8 Å². The van der Waals surface area contributed by atoms with Gasteiger partial charge in [0.15, 0.2) is 0 Å². The summed E-state index contributed by atoms with van der Waals surface area (Å²) in [5.41, 5.74) is 0.767. The molecule has 0 amide bonds. The van der Waals surface area contributed by atoms with Crippen LogP contribution in [0.2, 0.25) is 0 Å². The standard InChI is InChI=1S/C16H16BrFO3/c1-3-21-11-5-6-12(14(17)8-11)16(19)13-7-4-10(20-2)9-15(13)18/h4-9,16,19H,3H2,1-2H3. The van der Waals surface area contributed by atoms with E-state index in [0.717, 1.165) is 0 Å². The molecule has 5 heteroatoms. The topological polar surface area (TPSA) is 38.7 Å². The second kappa shape index (κ2) is 6.91. The zero-order valence-electron chi connectivity index (χ0n) is 11.8. The number of halogens is 2. The van der Waals surface area contributed by atoms with Gasteiger partial charge in [-0.2, -0.15) is 0 Å². The molecule has 1 unspecified atom stereocenters. The summed E-state index contributed by atoms with van der Waals surface area (Å²) >= 11 is 3.38. The quantitative estimate of drug-likeness (QED) is 0.879. The summed E-state index contributed by atoms with van der Waals surface area (Å²) in [6.07, 6.45) is -1.07. The molecule has 3 nitrogen and oxygen atoms in total. The first-order valence-corrected chi connectivity index (χ1v) is 7.29. The van der Waals surface area contributed by atoms with Gasteiger partial charge in [-0.05, 0) is 36.8 Å². The van der Waals surface area contributed by atoms with E-state index in [-0.39, 0.29) is 5.56 Å². The Bertz CT molecular complexity index is 631. The lowest BCUT2D eigenvalue weighted by molar-refractivity contribution is 0.213. The van der Waals surface area contributed by atoms with Crippen molar-refractivity contribution < 1.29 is 19.0 Å². The highest BCUT2D eigenvalue weighted by molar-refractivity contribution is 9.10. The molecule has 0 spiro atoms. The van der Waals surface area contributed by atoms with E-state index in [1.807, 2.05) is 6.92 Å². The summed E-state index contributed by atoms with van der Waals surface area (Å²) in [5.74, 6) is 0.590. The van der Waals surface area contributed by atoms with E-state index in [9.17, 15) is 9.50 Å². The van der Waals surface area contributed by atoms with E-state index in [2.05, 4.69) is 15.9 Å². The minimum atomic E-state index is -1.07. The van der Waals surface area contributed by atoms with Gasteiger partial charge in [-0.1, -0.05) is 22.0 Å². The van der Waals surface area contributed by atoms with E-state index in [4.69, 9.17) is 9.47 Å². The Morgan fingerprint density at radius 1 is 1.14 bits per heavy atom. The van der Waals surface area contributed by atoms with Crippen molar-refractivity contribution in [3.8, 4) is 11.5 Å². The summed E-state index contributed by atoms with van der Waals surface area (Å²) in [6.45, 7) is 2.45. The third-order valence-electron chi connectivity index (χ3n) is 3.08. The fourth-order valence-corrected chi connectivity index (χ4v) is 2.58. The van der Waals surface area contributed by atoms with Gasteiger partial charge in [-0.15, -0.1) is 0 Å². The van der Waals surface area contributed by atoms with Gasteiger partial charge in [0.05, 0.1) is 13.7 Å². The maximum Gasteiger partial charge on any atom is 0.133 e. The SMILES string of the molecule is CCOc1ccc(C(O)c2ccc(OC)cc2F)c(Br)c1. The first-order chi connectivity index (χ1) is 10.1.